The molecule has 0 aliphatic carbocycles. The maximum atomic E-state index is 6.11. The Labute approximate surface area is 116 Å². The van der Waals surface area contributed by atoms with Crippen molar-refractivity contribution >= 4 is 22.9 Å². The van der Waals surface area contributed by atoms with E-state index in [-0.39, 0.29) is 0 Å². The van der Waals surface area contributed by atoms with Gasteiger partial charge in [-0.2, -0.15) is 0 Å². The molecule has 0 atom stereocenters. The molecular formula is C15H14ClN3. The Balaban J connectivity index is 1.83. The lowest BCUT2D eigenvalue weighted by atomic mass is 10.3. The van der Waals surface area contributed by atoms with E-state index < -0.39 is 0 Å². The van der Waals surface area contributed by atoms with Crippen LogP contribution in [0.1, 0.15) is 11.3 Å². The molecule has 2 heterocycles. The Morgan fingerprint density at radius 1 is 1.21 bits per heavy atom. The van der Waals surface area contributed by atoms with E-state index in [0.717, 1.165) is 22.1 Å². The second-order valence-corrected chi connectivity index (χ2v) is 4.89. The average Bonchev–Trinajstić information content (AvgIpc) is 2.82. The fraction of sp³-hybridized carbons (Fsp3) is 0.133. The van der Waals surface area contributed by atoms with Crippen molar-refractivity contribution in [2.45, 2.75) is 13.5 Å². The van der Waals surface area contributed by atoms with Crippen molar-refractivity contribution in [1.82, 2.24) is 9.38 Å². The summed E-state index contributed by atoms with van der Waals surface area (Å²) in [6, 6.07) is 11.8. The van der Waals surface area contributed by atoms with Crippen molar-refractivity contribution < 1.29 is 0 Å². The first kappa shape index (κ1) is 12.1. The fourth-order valence-corrected chi connectivity index (χ4v) is 2.28. The number of aromatic nitrogens is 2. The minimum atomic E-state index is 0.658. The molecule has 0 saturated carbocycles. The van der Waals surface area contributed by atoms with Gasteiger partial charge in [0.2, 0.25) is 0 Å². The van der Waals surface area contributed by atoms with Crippen LogP contribution in [-0.4, -0.2) is 9.38 Å². The van der Waals surface area contributed by atoms with Crippen LogP contribution in [0.15, 0.2) is 48.8 Å². The van der Waals surface area contributed by atoms with Crippen LogP contribution < -0.4 is 5.32 Å². The molecule has 1 N–H and O–H groups in total. The van der Waals surface area contributed by atoms with Crippen molar-refractivity contribution in [1.29, 1.82) is 0 Å². The molecule has 0 aliphatic heterocycles. The van der Waals surface area contributed by atoms with E-state index in [1.807, 2.05) is 47.1 Å². The molecule has 0 aliphatic rings. The lowest BCUT2D eigenvalue weighted by molar-refractivity contribution is 1.08. The lowest BCUT2D eigenvalue weighted by Crippen LogP contribution is -1.99. The second-order valence-electron chi connectivity index (χ2n) is 4.49. The van der Waals surface area contributed by atoms with Crippen molar-refractivity contribution in [2.75, 3.05) is 5.32 Å². The standard InChI is InChI=1S/C15H14ClN3/c1-11-5-4-8-19-10-12(18-15(11)19)9-17-14-7-3-2-6-13(14)16/h2-8,10,17H,9H2,1H3. The molecule has 0 unspecified atom stereocenters. The number of aryl methyl sites for hydroxylation is 1. The number of hydrogen-bond donors (Lipinski definition) is 1. The number of pyridine rings is 1. The topological polar surface area (TPSA) is 29.3 Å². The monoisotopic (exact) mass is 271 g/mol. The second kappa shape index (κ2) is 4.94. The van der Waals surface area contributed by atoms with Crippen molar-refractivity contribution in [2.24, 2.45) is 0 Å². The summed E-state index contributed by atoms with van der Waals surface area (Å²) in [6.07, 6.45) is 4.04. The highest BCUT2D eigenvalue weighted by atomic mass is 35.5. The quantitative estimate of drug-likeness (QED) is 0.783. The minimum Gasteiger partial charge on any atom is -0.378 e. The number of para-hydroxylation sites is 1. The molecule has 4 heteroatoms. The molecule has 0 fully saturated rings. The van der Waals surface area contributed by atoms with E-state index in [0.29, 0.717) is 6.54 Å². The molecule has 2 aromatic heterocycles. The van der Waals surface area contributed by atoms with Gasteiger partial charge in [-0.1, -0.05) is 29.8 Å². The smallest absolute Gasteiger partial charge is 0.140 e. The highest BCUT2D eigenvalue weighted by molar-refractivity contribution is 6.33. The number of halogens is 1. The molecule has 0 amide bonds. The molecule has 1 aromatic carbocycles. The highest BCUT2D eigenvalue weighted by Gasteiger charge is 2.04. The third-order valence-corrected chi connectivity index (χ3v) is 3.39. The Hall–Kier alpha value is -2.00. The number of benzene rings is 1. The predicted octanol–water partition coefficient (Wildman–Crippen LogP) is 3.91. The zero-order valence-electron chi connectivity index (χ0n) is 10.6. The minimum absolute atomic E-state index is 0.658. The van der Waals surface area contributed by atoms with E-state index in [9.17, 15) is 0 Å². The van der Waals surface area contributed by atoms with Crippen molar-refractivity contribution in [3.63, 3.8) is 0 Å². The first-order valence-corrected chi connectivity index (χ1v) is 6.53. The van der Waals surface area contributed by atoms with Gasteiger partial charge in [-0.25, -0.2) is 4.98 Å². The van der Waals surface area contributed by atoms with Crippen LogP contribution in [0.25, 0.3) is 5.65 Å². The number of rotatable bonds is 3. The van der Waals surface area contributed by atoms with E-state index in [4.69, 9.17) is 11.6 Å². The molecule has 3 aromatic rings. The number of nitrogens with zero attached hydrogens (tertiary/aromatic N) is 2. The number of nitrogens with one attached hydrogen (secondary N) is 1. The molecule has 96 valence electrons. The highest BCUT2D eigenvalue weighted by Crippen LogP contribution is 2.21. The zero-order chi connectivity index (χ0) is 13.2. The number of hydrogen-bond acceptors (Lipinski definition) is 2. The average molecular weight is 272 g/mol. The summed E-state index contributed by atoms with van der Waals surface area (Å²) in [7, 11) is 0. The number of fused-ring (bicyclic) bond motifs is 1. The van der Waals surface area contributed by atoms with Crippen molar-refractivity contribution in [3.8, 4) is 0 Å². The largest absolute Gasteiger partial charge is 0.378 e. The summed E-state index contributed by atoms with van der Waals surface area (Å²) in [5.74, 6) is 0. The fourth-order valence-electron chi connectivity index (χ4n) is 2.08. The maximum Gasteiger partial charge on any atom is 0.140 e. The summed E-state index contributed by atoms with van der Waals surface area (Å²) >= 11 is 6.11. The van der Waals surface area contributed by atoms with Gasteiger partial charge in [0.1, 0.15) is 5.65 Å². The van der Waals surface area contributed by atoms with E-state index in [1.54, 1.807) is 0 Å². The van der Waals surface area contributed by atoms with Gasteiger partial charge in [0.05, 0.1) is 22.9 Å². The number of imidazole rings is 1. The molecule has 0 spiro atoms. The number of anilines is 1. The van der Waals surface area contributed by atoms with Gasteiger partial charge in [0.15, 0.2) is 0 Å². The summed E-state index contributed by atoms with van der Waals surface area (Å²) in [5, 5.41) is 4.03. The maximum absolute atomic E-state index is 6.11. The molecule has 3 rings (SSSR count). The molecule has 3 nitrogen and oxygen atoms in total. The zero-order valence-corrected chi connectivity index (χ0v) is 11.4. The van der Waals surface area contributed by atoms with Gasteiger partial charge < -0.3 is 9.72 Å². The summed E-state index contributed by atoms with van der Waals surface area (Å²) in [4.78, 5) is 4.61. The first-order chi connectivity index (χ1) is 9.24. The lowest BCUT2D eigenvalue weighted by Gasteiger charge is -2.05. The Morgan fingerprint density at radius 3 is 2.84 bits per heavy atom. The van der Waals surface area contributed by atoms with Crippen LogP contribution >= 0.6 is 11.6 Å². The van der Waals surface area contributed by atoms with Crippen LogP contribution in [0.4, 0.5) is 5.69 Å². The Kier molecular flexibility index (Phi) is 3.13. The third kappa shape index (κ3) is 2.42. The Bertz CT molecular complexity index is 718. The van der Waals surface area contributed by atoms with Crippen LogP contribution in [0, 0.1) is 6.92 Å². The van der Waals surface area contributed by atoms with E-state index >= 15 is 0 Å². The summed E-state index contributed by atoms with van der Waals surface area (Å²) in [5.41, 5.74) is 4.09. The van der Waals surface area contributed by atoms with Gasteiger partial charge in [-0.3, -0.25) is 0 Å². The van der Waals surface area contributed by atoms with Crippen LogP contribution in [0.2, 0.25) is 5.02 Å². The van der Waals surface area contributed by atoms with Crippen LogP contribution in [0.5, 0.6) is 0 Å². The molecule has 0 bridgehead atoms. The summed E-state index contributed by atoms with van der Waals surface area (Å²) < 4.78 is 2.04. The van der Waals surface area contributed by atoms with Gasteiger partial charge in [-0.15, -0.1) is 0 Å². The predicted molar refractivity (Wildman–Crippen MR) is 78.7 cm³/mol. The SMILES string of the molecule is Cc1cccn2cc(CNc3ccccc3Cl)nc12. The molecular weight excluding hydrogens is 258 g/mol. The molecule has 0 radical (unpaired) electrons. The van der Waals surface area contributed by atoms with Gasteiger partial charge in [0.25, 0.3) is 0 Å². The van der Waals surface area contributed by atoms with Crippen molar-refractivity contribution in [3.05, 3.63) is 65.1 Å². The normalized spacial score (nSPS) is 10.8. The van der Waals surface area contributed by atoms with Gasteiger partial charge >= 0.3 is 0 Å². The van der Waals surface area contributed by atoms with Crippen LogP contribution in [-0.2, 0) is 6.54 Å². The Morgan fingerprint density at radius 2 is 2.05 bits per heavy atom. The van der Waals surface area contributed by atoms with Gasteiger partial charge in [-0.05, 0) is 30.7 Å². The molecule has 19 heavy (non-hydrogen) atoms. The first-order valence-electron chi connectivity index (χ1n) is 6.15. The van der Waals surface area contributed by atoms with E-state index in [1.165, 1.54) is 5.56 Å². The summed E-state index contributed by atoms with van der Waals surface area (Å²) in [6.45, 7) is 2.72. The van der Waals surface area contributed by atoms with Crippen LogP contribution in [0.3, 0.4) is 0 Å². The van der Waals surface area contributed by atoms with Gasteiger partial charge in [0, 0.05) is 12.4 Å². The molecule has 0 saturated heterocycles. The van der Waals surface area contributed by atoms with E-state index in [2.05, 4.69) is 23.3 Å². The third-order valence-electron chi connectivity index (χ3n) is 3.06.